The lowest BCUT2D eigenvalue weighted by Crippen LogP contribution is -2.41. The van der Waals surface area contributed by atoms with Gasteiger partial charge in [-0.25, -0.2) is 4.79 Å². The first-order valence-corrected chi connectivity index (χ1v) is 7.17. The van der Waals surface area contributed by atoms with Gasteiger partial charge in [-0.05, 0) is 36.8 Å². The number of ether oxygens (including phenoxy) is 1. The molecule has 2 N–H and O–H groups in total. The zero-order valence-corrected chi connectivity index (χ0v) is 13.8. The summed E-state index contributed by atoms with van der Waals surface area (Å²) in [6, 6.07) is 6.21. The summed E-state index contributed by atoms with van der Waals surface area (Å²) in [5.74, 6) is 0.0786. The van der Waals surface area contributed by atoms with Gasteiger partial charge >= 0.3 is 6.03 Å². The Morgan fingerprint density at radius 2 is 1.75 bits per heavy atom. The number of aromatic nitrogens is 2. The molecule has 0 aliphatic rings. The quantitative estimate of drug-likeness (QED) is 0.865. The standard InChI is InChI=1S/C16H18N4O4/c1-9-12(14(21)17-2)15(22)20(16(23)18-3)19-13(9)10-5-7-11(24-4)8-6-10/h5-8H,1-4H3,(H,17,21)(H,18,23). The van der Waals surface area contributed by atoms with Crippen LogP contribution in [0.4, 0.5) is 4.79 Å². The zero-order valence-electron chi connectivity index (χ0n) is 13.8. The number of nitrogens with zero attached hydrogens (tertiary/aromatic N) is 2. The van der Waals surface area contributed by atoms with Crippen LogP contribution >= 0.6 is 0 Å². The van der Waals surface area contributed by atoms with E-state index in [0.717, 1.165) is 0 Å². The molecule has 2 amide bonds. The van der Waals surface area contributed by atoms with Gasteiger partial charge in [0.2, 0.25) is 0 Å². The van der Waals surface area contributed by atoms with Gasteiger partial charge < -0.3 is 15.4 Å². The van der Waals surface area contributed by atoms with Gasteiger partial charge in [0.15, 0.2) is 0 Å². The highest BCUT2D eigenvalue weighted by Crippen LogP contribution is 2.24. The number of nitrogens with one attached hydrogen (secondary N) is 2. The Bertz CT molecular complexity index is 840. The Morgan fingerprint density at radius 3 is 2.25 bits per heavy atom. The molecule has 24 heavy (non-hydrogen) atoms. The van der Waals surface area contributed by atoms with Crippen LogP contribution in [0.15, 0.2) is 29.1 Å². The molecule has 2 rings (SSSR count). The minimum atomic E-state index is -0.775. The van der Waals surface area contributed by atoms with Crippen molar-refractivity contribution in [3.05, 3.63) is 45.7 Å². The summed E-state index contributed by atoms with van der Waals surface area (Å²) in [6.45, 7) is 1.62. The third-order valence-electron chi connectivity index (χ3n) is 3.56. The Morgan fingerprint density at radius 1 is 1.12 bits per heavy atom. The molecule has 1 aromatic carbocycles. The lowest BCUT2D eigenvalue weighted by atomic mass is 10.0. The molecule has 126 valence electrons. The largest absolute Gasteiger partial charge is 0.497 e. The van der Waals surface area contributed by atoms with E-state index >= 15 is 0 Å². The number of carbonyl (C=O) groups is 2. The lowest BCUT2D eigenvalue weighted by molar-refractivity contribution is 0.0960. The van der Waals surface area contributed by atoms with Crippen LogP contribution < -0.4 is 20.9 Å². The summed E-state index contributed by atoms with van der Waals surface area (Å²) in [5.41, 5.74) is 0.505. The fourth-order valence-electron chi connectivity index (χ4n) is 2.26. The molecule has 2 aromatic rings. The Balaban J connectivity index is 2.76. The predicted molar refractivity (Wildman–Crippen MR) is 88.5 cm³/mol. The summed E-state index contributed by atoms with van der Waals surface area (Å²) in [7, 11) is 4.34. The number of rotatable bonds is 3. The van der Waals surface area contributed by atoms with E-state index in [1.54, 1.807) is 38.3 Å². The van der Waals surface area contributed by atoms with Crippen LogP contribution in [0.3, 0.4) is 0 Å². The normalized spacial score (nSPS) is 10.2. The highest BCUT2D eigenvalue weighted by atomic mass is 16.5. The third-order valence-corrected chi connectivity index (χ3v) is 3.56. The molecule has 0 unspecified atom stereocenters. The molecule has 1 heterocycles. The van der Waals surface area contributed by atoms with E-state index in [2.05, 4.69) is 15.7 Å². The van der Waals surface area contributed by atoms with Crippen molar-refractivity contribution in [3.8, 4) is 17.0 Å². The highest BCUT2D eigenvalue weighted by Gasteiger charge is 2.22. The summed E-state index contributed by atoms with van der Waals surface area (Å²) >= 11 is 0. The number of carbonyl (C=O) groups excluding carboxylic acids is 2. The lowest BCUT2D eigenvalue weighted by Gasteiger charge is -2.13. The topological polar surface area (TPSA) is 102 Å². The first kappa shape index (κ1) is 17.2. The van der Waals surface area contributed by atoms with Crippen molar-refractivity contribution in [2.75, 3.05) is 21.2 Å². The van der Waals surface area contributed by atoms with E-state index in [-0.39, 0.29) is 5.56 Å². The Kier molecular flexibility index (Phi) is 4.98. The fourth-order valence-corrected chi connectivity index (χ4v) is 2.26. The van der Waals surface area contributed by atoms with Gasteiger partial charge in [-0.2, -0.15) is 5.10 Å². The van der Waals surface area contributed by atoms with Crippen molar-refractivity contribution in [1.29, 1.82) is 0 Å². The minimum absolute atomic E-state index is 0.123. The smallest absolute Gasteiger partial charge is 0.345 e. The molecule has 0 spiro atoms. The van der Waals surface area contributed by atoms with E-state index in [1.807, 2.05) is 0 Å². The van der Waals surface area contributed by atoms with E-state index < -0.39 is 17.5 Å². The zero-order chi connectivity index (χ0) is 17.9. The van der Waals surface area contributed by atoms with E-state index in [1.165, 1.54) is 14.1 Å². The second-order valence-electron chi connectivity index (χ2n) is 4.93. The van der Waals surface area contributed by atoms with Gasteiger partial charge in [0.25, 0.3) is 11.5 Å². The van der Waals surface area contributed by atoms with Crippen molar-refractivity contribution in [3.63, 3.8) is 0 Å². The summed E-state index contributed by atoms with van der Waals surface area (Å²) in [6.07, 6.45) is 0. The molecule has 0 saturated carbocycles. The minimum Gasteiger partial charge on any atom is -0.497 e. The van der Waals surface area contributed by atoms with Crippen molar-refractivity contribution in [1.82, 2.24) is 20.4 Å². The van der Waals surface area contributed by atoms with Crippen molar-refractivity contribution in [2.24, 2.45) is 0 Å². The molecule has 0 atom stereocenters. The molecule has 8 nitrogen and oxygen atoms in total. The fraction of sp³-hybridized carbons (Fsp3) is 0.250. The monoisotopic (exact) mass is 330 g/mol. The van der Waals surface area contributed by atoms with Gasteiger partial charge in [0.1, 0.15) is 11.3 Å². The van der Waals surface area contributed by atoms with Gasteiger partial charge in [-0.1, -0.05) is 0 Å². The van der Waals surface area contributed by atoms with Gasteiger partial charge in [-0.3, -0.25) is 9.59 Å². The SMILES string of the molecule is CNC(=O)c1c(C)c(-c2ccc(OC)cc2)nn(C(=O)NC)c1=O. The van der Waals surface area contributed by atoms with Crippen molar-refractivity contribution < 1.29 is 14.3 Å². The maximum absolute atomic E-state index is 12.4. The van der Waals surface area contributed by atoms with Crippen molar-refractivity contribution >= 4 is 11.9 Å². The van der Waals surface area contributed by atoms with Crippen LogP contribution in [0.5, 0.6) is 5.75 Å². The maximum atomic E-state index is 12.4. The average Bonchev–Trinajstić information content (AvgIpc) is 2.61. The first-order chi connectivity index (χ1) is 11.4. The summed E-state index contributed by atoms with van der Waals surface area (Å²) < 4.78 is 5.76. The predicted octanol–water partition coefficient (Wildman–Crippen LogP) is 0.774. The van der Waals surface area contributed by atoms with Gasteiger partial charge in [-0.15, -0.1) is 4.68 Å². The number of benzene rings is 1. The molecule has 0 aliphatic heterocycles. The Labute approximate surface area is 138 Å². The van der Waals surface area contributed by atoms with Crippen LogP contribution in [0.2, 0.25) is 0 Å². The number of hydrogen-bond acceptors (Lipinski definition) is 5. The second-order valence-corrected chi connectivity index (χ2v) is 4.93. The number of amides is 2. The van der Waals surface area contributed by atoms with E-state index in [0.29, 0.717) is 27.3 Å². The van der Waals surface area contributed by atoms with Gasteiger partial charge in [0.05, 0.1) is 12.8 Å². The Hall–Kier alpha value is -3.16. The summed E-state index contributed by atoms with van der Waals surface area (Å²) in [4.78, 5) is 36.5. The van der Waals surface area contributed by atoms with Crippen molar-refractivity contribution in [2.45, 2.75) is 6.92 Å². The van der Waals surface area contributed by atoms with Crippen LogP contribution in [0.25, 0.3) is 11.3 Å². The molecular weight excluding hydrogens is 312 g/mol. The molecule has 1 aromatic heterocycles. The van der Waals surface area contributed by atoms with Crippen LogP contribution in [-0.2, 0) is 0 Å². The first-order valence-electron chi connectivity index (χ1n) is 7.17. The molecule has 8 heteroatoms. The van der Waals surface area contributed by atoms with E-state index in [9.17, 15) is 14.4 Å². The molecule has 0 aliphatic carbocycles. The molecule has 0 fully saturated rings. The van der Waals surface area contributed by atoms with Crippen LogP contribution in [0, 0.1) is 6.92 Å². The highest BCUT2D eigenvalue weighted by molar-refractivity contribution is 5.97. The molecule has 0 saturated heterocycles. The summed E-state index contributed by atoms with van der Waals surface area (Å²) in [5, 5.41) is 8.86. The average molecular weight is 330 g/mol. The van der Waals surface area contributed by atoms with E-state index in [4.69, 9.17) is 4.74 Å². The third kappa shape index (κ3) is 2.98. The number of hydrogen-bond donors (Lipinski definition) is 2. The second kappa shape index (κ2) is 6.95. The van der Waals surface area contributed by atoms with Crippen LogP contribution in [-0.4, -0.2) is 42.9 Å². The number of methoxy groups -OCH3 is 1. The van der Waals surface area contributed by atoms with Crippen LogP contribution in [0.1, 0.15) is 15.9 Å². The van der Waals surface area contributed by atoms with Gasteiger partial charge in [0, 0.05) is 19.7 Å². The molecule has 0 radical (unpaired) electrons. The molecule has 0 bridgehead atoms. The molecular formula is C16H18N4O4. The maximum Gasteiger partial charge on any atom is 0.345 e.